The molecule has 0 aromatic rings. The SMILES string of the molecule is CCC(=O)NP(=O)(OC)OC. The zero-order valence-electron chi connectivity index (χ0n) is 6.79. The molecule has 1 N–H and O–H groups in total. The van der Waals surface area contributed by atoms with Gasteiger partial charge in [0.05, 0.1) is 0 Å². The maximum absolute atomic E-state index is 11.1. The van der Waals surface area contributed by atoms with E-state index >= 15 is 0 Å². The van der Waals surface area contributed by atoms with Crippen molar-refractivity contribution in [2.75, 3.05) is 14.2 Å². The van der Waals surface area contributed by atoms with Crippen molar-refractivity contribution in [1.29, 1.82) is 0 Å². The summed E-state index contributed by atoms with van der Waals surface area (Å²) in [5, 5.41) is 2.11. The molecular weight excluding hydrogens is 169 g/mol. The molecule has 0 unspecified atom stereocenters. The fourth-order valence-corrected chi connectivity index (χ4v) is 1.19. The Morgan fingerprint density at radius 2 is 1.91 bits per heavy atom. The maximum Gasteiger partial charge on any atom is 0.434 e. The molecule has 0 radical (unpaired) electrons. The van der Waals surface area contributed by atoms with Crippen LogP contribution in [0.25, 0.3) is 0 Å². The first-order chi connectivity index (χ1) is 5.08. The van der Waals surface area contributed by atoms with Crippen molar-refractivity contribution in [1.82, 2.24) is 5.09 Å². The number of carbonyl (C=O) groups is 1. The van der Waals surface area contributed by atoms with Gasteiger partial charge in [-0.3, -0.25) is 18.9 Å². The highest BCUT2D eigenvalue weighted by Gasteiger charge is 2.22. The molecular formula is C5H12NO4P. The summed E-state index contributed by atoms with van der Waals surface area (Å²) < 4.78 is 20.1. The van der Waals surface area contributed by atoms with Gasteiger partial charge in [0.2, 0.25) is 5.91 Å². The van der Waals surface area contributed by atoms with Gasteiger partial charge in [0, 0.05) is 20.6 Å². The molecule has 6 heteroatoms. The molecule has 0 atom stereocenters. The Morgan fingerprint density at radius 1 is 1.45 bits per heavy atom. The Labute approximate surface area is 65.7 Å². The first kappa shape index (κ1) is 10.6. The fraction of sp³-hybridized carbons (Fsp3) is 0.800. The second kappa shape index (κ2) is 4.49. The summed E-state index contributed by atoms with van der Waals surface area (Å²) in [6, 6.07) is 0. The van der Waals surface area contributed by atoms with E-state index in [1.165, 1.54) is 14.2 Å². The van der Waals surface area contributed by atoms with Gasteiger partial charge in [-0.25, -0.2) is 4.57 Å². The Balaban J connectivity index is 4.09. The Kier molecular flexibility index (Phi) is 4.33. The highest BCUT2D eigenvalue weighted by molar-refractivity contribution is 7.52. The van der Waals surface area contributed by atoms with E-state index in [0.29, 0.717) is 0 Å². The summed E-state index contributed by atoms with van der Waals surface area (Å²) in [6.45, 7) is 1.64. The summed E-state index contributed by atoms with van der Waals surface area (Å²) in [4.78, 5) is 10.7. The molecule has 0 aromatic carbocycles. The van der Waals surface area contributed by atoms with Gasteiger partial charge in [-0.2, -0.15) is 0 Å². The lowest BCUT2D eigenvalue weighted by Crippen LogP contribution is -2.20. The molecule has 11 heavy (non-hydrogen) atoms. The molecule has 66 valence electrons. The maximum atomic E-state index is 11.1. The highest BCUT2D eigenvalue weighted by atomic mass is 31.2. The number of amides is 1. The molecule has 0 aliphatic carbocycles. The van der Waals surface area contributed by atoms with E-state index in [-0.39, 0.29) is 12.3 Å². The van der Waals surface area contributed by atoms with Crippen LogP contribution in [0, 0.1) is 0 Å². The average Bonchev–Trinajstić information content (AvgIpc) is 2.04. The summed E-state index contributed by atoms with van der Waals surface area (Å²) in [5.41, 5.74) is 0. The molecule has 5 nitrogen and oxygen atoms in total. The quantitative estimate of drug-likeness (QED) is 0.655. The van der Waals surface area contributed by atoms with Gasteiger partial charge >= 0.3 is 7.75 Å². The first-order valence-electron chi connectivity index (χ1n) is 3.10. The van der Waals surface area contributed by atoms with Gasteiger partial charge in [-0.15, -0.1) is 0 Å². The van der Waals surface area contributed by atoms with Crippen LogP contribution in [0.5, 0.6) is 0 Å². The second-order valence-electron chi connectivity index (χ2n) is 1.75. The van der Waals surface area contributed by atoms with Gasteiger partial charge in [0.1, 0.15) is 0 Å². The van der Waals surface area contributed by atoms with E-state index in [9.17, 15) is 9.36 Å². The molecule has 0 aliphatic rings. The molecule has 0 aliphatic heterocycles. The van der Waals surface area contributed by atoms with Crippen molar-refractivity contribution in [2.45, 2.75) is 13.3 Å². The molecule has 1 amide bonds. The zero-order valence-corrected chi connectivity index (χ0v) is 7.68. The third-order valence-electron chi connectivity index (χ3n) is 1.06. The predicted molar refractivity (Wildman–Crippen MR) is 40.1 cm³/mol. The van der Waals surface area contributed by atoms with Crippen LogP contribution >= 0.6 is 7.75 Å². The first-order valence-corrected chi connectivity index (χ1v) is 4.65. The van der Waals surface area contributed by atoms with E-state index in [1.807, 2.05) is 0 Å². The average molecular weight is 181 g/mol. The van der Waals surface area contributed by atoms with Crippen LogP contribution in [0.2, 0.25) is 0 Å². The van der Waals surface area contributed by atoms with Crippen molar-refractivity contribution in [3.8, 4) is 0 Å². The van der Waals surface area contributed by atoms with E-state index in [4.69, 9.17) is 0 Å². The van der Waals surface area contributed by atoms with Gasteiger partial charge in [0.25, 0.3) is 0 Å². The molecule has 0 rings (SSSR count). The molecule has 0 bridgehead atoms. The lowest BCUT2D eigenvalue weighted by atomic mass is 10.5. The van der Waals surface area contributed by atoms with Gasteiger partial charge in [0.15, 0.2) is 0 Å². The van der Waals surface area contributed by atoms with Crippen molar-refractivity contribution >= 4 is 13.7 Å². The summed E-state index contributed by atoms with van der Waals surface area (Å²) in [5.74, 6) is -0.364. The molecule has 0 saturated carbocycles. The van der Waals surface area contributed by atoms with Crippen LogP contribution in [-0.2, 0) is 18.4 Å². The number of carbonyl (C=O) groups excluding carboxylic acids is 1. The number of nitrogens with one attached hydrogen (secondary N) is 1. The minimum Gasteiger partial charge on any atom is -0.296 e. The van der Waals surface area contributed by atoms with E-state index in [1.54, 1.807) is 6.92 Å². The van der Waals surface area contributed by atoms with Gasteiger partial charge in [-0.1, -0.05) is 6.92 Å². The smallest absolute Gasteiger partial charge is 0.296 e. The van der Waals surface area contributed by atoms with E-state index in [0.717, 1.165) is 0 Å². The van der Waals surface area contributed by atoms with Crippen molar-refractivity contribution in [3.63, 3.8) is 0 Å². The third-order valence-corrected chi connectivity index (χ3v) is 2.55. The predicted octanol–water partition coefficient (Wildman–Crippen LogP) is 0.913. The van der Waals surface area contributed by atoms with Crippen LogP contribution in [0.1, 0.15) is 13.3 Å². The third kappa shape index (κ3) is 3.51. The summed E-state index contributed by atoms with van der Waals surface area (Å²) >= 11 is 0. The van der Waals surface area contributed by atoms with Crippen LogP contribution < -0.4 is 5.09 Å². The van der Waals surface area contributed by atoms with Gasteiger partial charge in [-0.05, 0) is 0 Å². The van der Waals surface area contributed by atoms with Crippen LogP contribution in [-0.4, -0.2) is 20.1 Å². The monoisotopic (exact) mass is 181 g/mol. The number of hydrogen-bond donors (Lipinski definition) is 1. The van der Waals surface area contributed by atoms with Crippen LogP contribution in [0.15, 0.2) is 0 Å². The lowest BCUT2D eigenvalue weighted by molar-refractivity contribution is -0.119. The van der Waals surface area contributed by atoms with Crippen molar-refractivity contribution < 1.29 is 18.4 Å². The number of hydrogen-bond acceptors (Lipinski definition) is 4. The van der Waals surface area contributed by atoms with Crippen LogP contribution in [0.3, 0.4) is 0 Å². The minimum absolute atomic E-state index is 0.247. The molecule has 0 heterocycles. The van der Waals surface area contributed by atoms with Crippen molar-refractivity contribution in [3.05, 3.63) is 0 Å². The standard InChI is InChI=1S/C5H12NO4P/c1-4-5(7)6-11(8,9-2)10-3/h4H2,1-3H3,(H,6,7,8). The number of rotatable bonds is 4. The zero-order chi connectivity index (χ0) is 8.91. The van der Waals surface area contributed by atoms with E-state index < -0.39 is 7.75 Å². The Morgan fingerprint density at radius 3 is 2.18 bits per heavy atom. The van der Waals surface area contributed by atoms with E-state index in [2.05, 4.69) is 14.1 Å². The largest absolute Gasteiger partial charge is 0.434 e. The van der Waals surface area contributed by atoms with Gasteiger partial charge < -0.3 is 0 Å². The van der Waals surface area contributed by atoms with Crippen LogP contribution in [0.4, 0.5) is 0 Å². The summed E-state index contributed by atoms with van der Waals surface area (Å²) in [6.07, 6.45) is 0.247. The minimum atomic E-state index is -3.35. The normalized spacial score (nSPS) is 11.2. The molecule has 0 saturated heterocycles. The Bertz CT molecular complexity index is 173. The topological polar surface area (TPSA) is 64.6 Å². The molecule has 0 spiro atoms. The molecule has 0 fully saturated rings. The fourth-order valence-electron chi connectivity index (χ4n) is 0.398. The highest BCUT2D eigenvalue weighted by Crippen LogP contribution is 2.41. The molecule has 0 aromatic heterocycles. The lowest BCUT2D eigenvalue weighted by Gasteiger charge is -2.13. The van der Waals surface area contributed by atoms with Crippen molar-refractivity contribution in [2.24, 2.45) is 0 Å². The summed E-state index contributed by atoms with van der Waals surface area (Å²) in [7, 11) is -0.936. The second-order valence-corrected chi connectivity index (χ2v) is 3.70. The Hall–Kier alpha value is -0.380.